The largest absolute Gasteiger partial charge is 0.481 e. The van der Waals surface area contributed by atoms with Gasteiger partial charge in [0, 0.05) is 24.7 Å². The molecule has 1 saturated carbocycles. The Morgan fingerprint density at radius 1 is 1.29 bits per heavy atom. The molecule has 2 amide bonds. The quantitative estimate of drug-likeness (QED) is 0.895. The molecule has 2 aliphatic rings. The van der Waals surface area contributed by atoms with Crippen molar-refractivity contribution in [3.05, 3.63) is 29.8 Å². The Kier molecular flexibility index (Phi) is 3.82. The average molecular weight is 288 g/mol. The molecule has 5 nitrogen and oxygen atoms in total. The Morgan fingerprint density at radius 2 is 2.10 bits per heavy atom. The van der Waals surface area contributed by atoms with Gasteiger partial charge in [-0.2, -0.15) is 0 Å². The number of likely N-dealkylation sites (tertiary alicyclic amines) is 1. The summed E-state index contributed by atoms with van der Waals surface area (Å²) in [4.78, 5) is 25.0. The number of urea groups is 1. The number of anilines is 1. The van der Waals surface area contributed by atoms with Gasteiger partial charge in [0.05, 0.1) is 0 Å². The second-order valence-electron chi connectivity index (χ2n) is 5.97. The van der Waals surface area contributed by atoms with Crippen LogP contribution in [-0.2, 0) is 11.2 Å². The van der Waals surface area contributed by atoms with Gasteiger partial charge in [0.15, 0.2) is 0 Å². The predicted octanol–water partition coefficient (Wildman–Crippen LogP) is 2.72. The number of fused-ring (bicyclic) bond motifs is 2. The van der Waals surface area contributed by atoms with Gasteiger partial charge in [-0.15, -0.1) is 0 Å². The van der Waals surface area contributed by atoms with E-state index in [0.717, 1.165) is 30.6 Å². The fourth-order valence-corrected chi connectivity index (χ4v) is 3.46. The molecule has 1 saturated heterocycles. The molecular weight excluding hydrogens is 268 g/mol. The Bertz CT molecular complexity index is 558. The fraction of sp³-hybridized carbons (Fsp3) is 0.500. The third kappa shape index (κ3) is 3.01. The van der Waals surface area contributed by atoms with Crippen LogP contribution in [-0.4, -0.2) is 34.6 Å². The summed E-state index contributed by atoms with van der Waals surface area (Å²) in [7, 11) is 0. The van der Waals surface area contributed by atoms with Crippen LogP contribution >= 0.6 is 0 Å². The van der Waals surface area contributed by atoms with E-state index in [1.807, 2.05) is 29.2 Å². The molecule has 2 fully saturated rings. The number of hydrogen-bond acceptors (Lipinski definition) is 2. The molecule has 0 radical (unpaired) electrons. The van der Waals surface area contributed by atoms with Gasteiger partial charge in [0.25, 0.3) is 0 Å². The van der Waals surface area contributed by atoms with Crippen LogP contribution in [0, 0.1) is 5.92 Å². The van der Waals surface area contributed by atoms with Crippen molar-refractivity contribution in [3.8, 4) is 0 Å². The zero-order chi connectivity index (χ0) is 14.8. The Morgan fingerprint density at radius 3 is 2.76 bits per heavy atom. The molecule has 2 atom stereocenters. The lowest BCUT2D eigenvalue weighted by Crippen LogP contribution is -2.40. The van der Waals surface area contributed by atoms with Crippen molar-refractivity contribution in [2.24, 2.45) is 5.92 Å². The highest BCUT2D eigenvalue weighted by Gasteiger charge is 2.40. The number of carboxylic acids is 1. The lowest BCUT2D eigenvalue weighted by molar-refractivity contribution is -0.136. The second-order valence-corrected chi connectivity index (χ2v) is 5.97. The predicted molar refractivity (Wildman–Crippen MR) is 79.3 cm³/mol. The van der Waals surface area contributed by atoms with Crippen LogP contribution in [0.4, 0.5) is 10.5 Å². The molecule has 1 aliphatic heterocycles. The first-order valence-corrected chi connectivity index (χ1v) is 7.51. The summed E-state index contributed by atoms with van der Waals surface area (Å²) >= 11 is 0. The minimum atomic E-state index is -0.826. The number of para-hydroxylation sites is 1. The highest BCUT2D eigenvalue weighted by atomic mass is 16.4. The van der Waals surface area contributed by atoms with E-state index in [1.54, 1.807) is 0 Å². The molecular formula is C16H20N2O3. The summed E-state index contributed by atoms with van der Waals surface area (Å²) in [6, 6.07) is 7.77. The zero-order valence-corrected chi connectivity index (χ0v) is 11.9. The minimum absolute atomic E-state index is 0.0509. The molecule has 0 aromatic heterocycles. The molecule has 5 heteroatoms. The number of benzene rings is 1. The van der Waals surface area contributed by atoms with Crippen molar-refractivity contribution >= 4 is 17.7 Å². The lowest BCUT2D eigenvalue weighted by atomic mass is 10.1. The van der Waals surface area contributed by atoms with Crippen molar-refractivity contribution in [2.45, 2.75) is 38.1 Å². The van der Waals surface area contributed by atoms with Crippen molar-refractivity contribution in [3.63, 3.8) is 0 Å². The number of hydrogen-bond donors (Lipinski definition) is 2. The molecule has 2 bridgehead atoms. The van der Waals surface area contributed by atoms with E-state index in [-0.39, 0.29) is 12.5 Å². The third-order valence-corrected chi connectivity index (χ3v) is 4.54. The number of aryl methyl sites for hydroxylation is 1. The Hall–Kier alpha value is -2.04. The van der Waals surface area contributed by atoms with Gasteiger partial charge in [-0.1, -0.05) is 18.2 Å². The number of nitrogens with one attached hydrogen (secondary N) is 1. The number of carbonyl (C=O) groups is 2. The number of piperidine rings is 1. The first kappa shape index (κ1) is 13.9. The summed E-state index contributed by atoms with van der Waals surface area (Å²) < 4.78 is 0. The first-order chi connectivity index (χ1) is 10.1. The summed E-state index contributed by atoms with van der Waals surface area (Å²) in [5.41, 5.74) is 1.60. The van der Waals surface area contributed by atoms with Gasteiger partial charge in [-0.25, -0.2) is 4.79 Å². The molecule has 112 valence electrons. The summed E-state index contributed by atoms with van der Waals surface area (Å²) in [6.07, 6.45) is 3.98. The number of carboxylic acid groups (broad SMARTS) is 1. The second kappa shape index (κ2) is 5.76. The van der Waals surface area contributed by atoms with E-state index < -0.39 is 5.97 Å². The molecule has 3 rings (SSSR count). The van der Waals surface area contributed by atoms with Gasteiger partial charge in [0.1, 0.15) is 0 Å². The van der Waals surface area contributed by atoms with Crippen LogP contribution in [0.1, 0.15) is 31.2 Å². The van der Waals surface area contributed by atoms with Crippen LogP contribution < -0.4 is 5.32 Å². The van der Waals surface area contributed by atoms with Crippen LogP contribution in [0.25, 0.3) is 0 Å². The summed E-state index contributed by atoms with van der Waals surface area (Å²) in [5.74, 6) is -0.156. The van der Waals surface area contributed by atoms with E-state index in [1.165, 1.54) is 6.42 Å². The van der Waals surface area contributed by atoms with E-state index in [0.29, 0.717) is 18.4 Å². The summed E-state index contributed by atoms with van der Waals surface area (Å²) in [6.45, 7) is 0.855. The summed E-state index contributed by atoms with van der Waals surface area (Å²) in [5, 5.41) is 11.8. The van der Waals surface area contributed by atoms with Crippen LogP contribution in [0.15, 0.2) is 24.3 Å². The zero-order valence-electron chi connectivity index (χ0n) is 11.9. The molecule has 0 spiro atoms. The van der Waals surface area contributed by atoms with E-state index in [4.69, 9.17) is 5.11 Å². The monoisotopic (exact) mass is 288 g/mol. The molecule has 1 aliphatic carbocycles. The van der Waals surface area contributed by atoms with Crippen LogP contribution in [0.2, 0.25) is 0 Å². The van der Waals surface area contributed by atoms with Crippen molar-refractivity contribution < 1.29 is 14.7 Å². The molecule has 1 aromatic carbocycles. The average Bonchev–Trinajstić information content (AvgIpc) is 3.09. The Labute approximate surface area is 123 Å². The smallest absolute Gasteiger partial charge is 0.322 e. The van der Waals surface area contributed by atoms with E-state index >= 15 is 0 Å². The van der Waals surface area contributed by atoms with Crippen molar-refractivity contribution in [1.82, 2.24) is 4.90 Å². The maximum Gasteiger partial charge on any atom is 0.322 e. The van der Waals surface area contributed by atoms with Gasteiger partial charge in [0.2, 0.25) is 0 Å². The number of nitrogens with zero attached hydrogens (tertiary/aromatic N) is 1. The topological polar surface area (TPSA) is 69.6 Å². The Balaban J connectivity index is 1.67. The standard InChI is InChI=1S/C16H20N2O3/c19-15(20)8-6-12-3-1-2-4-14(12)17-16(21)18-10-11-5-7-13(18)9-11/h1-4,11,13H,5-10H2,(H,17,21)(H,19,20). The normalized spacial score (nSPS) is 23.3. The maximum atomic E-state index is 12.4. The molecule has 1 aromatic rings. The number of aliphatic carboxylic acids is 1. The molecule has 1 heterocycles. The highest BCUT2D eigenvalue weighted by Crippen LogP contribution is 2.37. The lowest BCUT2D eigenvalue weighted by Gasteiger charge is -2.27. The molecule has 2 unspecified atom stereocenters. The van der Waals surface area contributed by atoms with E-state index in [9.17, 15) is 9.59 Å². The number of amides is 2. The van der Waals surface area contributed by atoms with Gasteiger partial charge < -0.3 is 15.3 Å². The molecule has 2 N–H and O–H groups in total. The highest BCUT2D eigenvalue weighted by molar-refractivity contribution is 5.90. The minimum Gasteiger partial charge on any atom is -0.481 e. The van der Waals surface area contributed by atoms with Crippen molar-refractivity contribution in [2.75, 3.05) is 11.9 Å². The van der Waals surface area contributed by atoms with E-state index in [2.05, 4.69) is 5.32 Å². The fourth-order valence-electron chi connectivity index (χ4n) is 3.46. The molecule has 21 heavy (non-hydrogen) atoms. The SMILES string of the molecule is O=C(O)CCc1ccccc1NC(=O)N1CC2CCC1C2. The number of carbonyl (C=O) groups excluding carboxylic acids is 1. The van der Waals surface area contributed by atoms with Crippen molar-refractivity contribution in [1.29, 1.82) is 0 Å². The van der Waals surface area contributed by atoms with Gasteiger partial charge >= 0.3 is 12.0 Å². The van der Waals surface area contributed by atoms with Crippen LogP contribution in [0.5, 0.6) is 0 Å². The number of rotatable bonds is 4. The van der Waals surface area contributed by atoms with Gasteiger partial charge in [-0.05, 0) is 43.2 Å². The van der Waals surface area contributed by atoms with Gasteiger partial charge in [-0.3, -0.25) is 4.79 Å². The third-order valence-electron chi connectivity index (χ3n) is 4.54. The van der Waals surface area contributed by atoms with Crippen LogP contribution in [0.3, 0.4) is 0 Å². The maximum absolute atomic E-state index is 12.4. The first-order valence-electron chi connectivity index (χ1n) is 7.51.